The van der Waals surface area contributed by atoms with Gasteiger partial charge in [-0.3, -0.25) is 0 Å². The van der Waals surface area contributed by atoms with E-state index in [0.717, 1.165) is 6.61 Å². The number of nitrogens with two attached hydrogens (primary N) is 1. The summed E-state index contributed by atoms with van der Waals surface area (Å²) in [6.07, 6.45) is 14.6. The molecule has 2 heteroatoms. The summed E-state index contributed by atoms with van der Waals surface area (Å²) in [5.74, 6) is 0.704. The Morgan fingerprint density at radius 1 is 1.00 bits per heavy atom. The average molecular weight is 265 g/mol. The lowest BCUT2D eigenvalue weighted by atomic mass is 9.67. The zero-order chi connectivity index (χ0) is 13.3. The molecule has 1 saturated heterocycles. The molecule has 2 aliphatic carbocycles. The van der Waals surface area contributed by atoms with Gasteiger partial charge in [-0.05, 0) is 49.9 Å². The third-order valence-corrected chi connectivity index (χ3v) is 6.35. The van der Waals surface area contributed by atoms with Crippen LogP contribution in [0.15, 0.2) is 0 Å². The first-order valence-corrected chi connectivity index (χ1v) is 8.53. The fourth-order valence-electron chi connectivity index (χ4n) is 5.00. The molecular formula is C17H31NO. The summed E-state index contributed by atoms with van der Waals surface area (Å²) in [7, 11) is 0. The Kier molecular flexibility index (Phi) is 3.92. The van der Waals surface area contributed by atoms with Crippen molar-refractivity contribution < 1.29 is 4.74 Å². The molecule has 0 amide bonds. The van der Waals surface area contributed by atoms with E-state index in [2.05, 4.69) is 6.92 Å². The van der Waals surface area contributed by atoms with E-state index >= 15 is 0 Å². The minimum atomic E-state index is 0.216. The third kappa shape index (κ3) is 2.71. The first-order valence-electron chi connectivity index (χ1n) is 8.53. The summed E-state index contributed by atoms with van der Waals surface area (Å²) in [5, 5.41) is 0. The summed E-state index contributed by atoms with van der Waals surface area (Å²) >= 11 is 0. The van der Waals surface area contributed by atoms with Crippen molar-refractivity contribution in [1.29, 1.82) is 0 Å². The zero-order valence-electron chi connectivity index (χ0n) is 12.6. The van der Waals surface area contributed by atoms with Crippen molar-refractivity contribution in [3.8, 4) is 0 Å². The van der Waals surface area contributed by atoms with Crippen LogP contribution in [0, 0.1) is 11.3 Å². The van der Waals surface area contributed by atoms with Crippen LogP contribution < -0.4 is 5.73 Å². The van der Waals surface area contributed by atoms with Gasteiger partial charge in [0.15, 0.2) is 0 Å². The van der Waals surface area contributed by atoms with Crippen molar-refractivity contribution >= 4 is 0 Å². The molecule has 2 N–H and O–H groups in total. The number of ether oxygens (including phenoxy) is 1. The summed E-state index contributed by atoms with van der Waals surface area (Å²) in [6.45, 7) is 3.39. The van der Waals surface area contributed by atoms with Gasteiger partial charge >= 0.3 is 0 Å². The maximum absolute atomic E-state index is 6.72. The Morgan fingerprint density at radius 2 is 1.63 bits per heavy atom. The minimum absolute atomic E-state index is 0.216. The lowest BCUT2D eigenvalue weighted by Crippen LogP contribution is -2.51. The van der Waals surface area contributed by atoms with Crippen molar-refractivity contribution in [3.05, 3.63) is 0 Å². The van der Waals surface area contributed by atoms with Gasteiger partial charge < -0.3 is 10.5 Å². The van der Waals surface area contributed by atoms with E-state index < -0.39 is 0 Å². The maximum atomic E-state index is 6.72. The molecule has 2 unspecified atom stereocenters. The highest BCUT2D eigenvalue weighted by molar-refractivity contribution is 4.98. The monoisotopic (exact) mass is 265 g/mol. The van der Waals surface area contributed by atoms with Crippen LogP contribution in [0.3, 0.4) is 0 Å². The molecule has 2 nitrogen and oxygen atoms in total. The average Bonchev–Trinajstić information content (AvgIpc) is 2.87. The second-order valence-corrected chi connectivity index (χ2v) is 7.73. The Hall–Kier alpha value is -0.0800. The molecular weight excluding hydrogens is 234 g/mol. The minimum Gasteiger partial charge on any atom is -0.375 e. The Bertz CT molecular complexity index is 297. The Balaban J connectivity index is 1.67. The van der Waals surface area contributed by atoms with E-state index in [0.29, 0.717) is 17.4 Å². The van der Waals surface area contributed by atoms with Gasteiger partial charge in [-0.15, -0.1) is 0 Å². The van der Waals surface area contributed by atoms with Crippen LogP contribution in [0.1, 0.15) is 77.6 Å². The number of hydrogen-bond donors (Lipinski definition) is 1. The summed E-state index contributed by atoms with van der Waals surface area (Å²) < 4.78 is 6.23. The summed E-state index contributed by atoms with van der Waals surface area (Å²) in [4.78, 5) is 0. The van der Waals surface area contributed by atoms with E-state index in [-0.39, 0.29) is 5.60 Å². The molecule has 3 fully saturated rings. The molecule has 2 saturated carbocycles. The number of rotatable bonds is 2. The lowest BCUT2D eigenvalue weighted by Gasteiger charge is -2.47. The second-order valence-electron chi connectivity index (χ2n) is 7.73. The fourth-order valence-corrected chi connectivity index (χ4v) is 5.00. The van der Waals surface area contributed by atoms with Gasteiger partial charge in [0.25, 0.3) is 0 Å². The standard InChI is InChI=1S/C17H31NO/c1-16(8-5-6-9-16)15(18)14-7-12-19-17(13-14)10-3-2-4-11-17/h14-15H,2-13,18H2,1H3. The predicted octanol–water partition coefficient (Wildman–Crippen LogP) is 4.02. The van der Waals surface area contributed by atoms with Crippen LogP contribution in [0.4, 0.5) is 0 Å². The van der Waals surface area contributed by atoms with Gasteiger partial charge in [-0.25, -0.2) is 0 Å². The van der Waals surface area contributed by atoms with Crippen LogP contribution in [0.25, 0.3) is 0 Å². The normalized spacial score (nSPS) is 35.4. The van der Waals surface area contributed by atoms with Crippen molar-refractivity contribution in [1.82, 2.24) is 0 Å². The van der Waals surface area contributed by atoms with Crippen LogP contribution in [0.5, 0.6) is 0 Å². The van der Waals surface area contributed by atoms with E-state index in [9.17, 15) is 0 Å². The third-order valence-electron chi connectivity index (χ3n) is 6.35. The van der Waals surface area contributed by atoms with Gasteiger partial charge in [0.2, 0.25) is 0 Å². The molecule has 19 heavy (non-hydrogen) atoms. The molecule has 1 spiro atoms. The molecule has 1 aliphatic heterocycles. The van der Waals surface area contributed by atoms with Crippen molar-refractivity contribution in [2.24, 2.45) is 17.1 Å². The van der Waals surface area contributed by atoms with Gasteiger partial charge in [-0.1, -0.05) is 39.0 Å². The van der Waals surface area contributed by atoms with Gasteiger partial charge in [0.05, 0.1) is 5.60 Å². The van der Waals surface area contributed by atoms with Crippen LogP contribution in [-0.4, -0.2) is 18.2 Å². The highest BCUT2D eigenvalue weighted by Crippen LogP contribution is 2.47. The molecule has 3 rings (SSSR count). The molecule has 2 atom stereocenters. The molecule has 110 valence electrons. The lowest BCUT2D eigenvalue weighted by molar-refractivity contribution is -0.125. The van der Waals surface area contributed by atoms with Crippen LogP contribution in [-0.2, 0) is 4.74 Å². The van der Waals surface area contributed by atoms with E-state index in [1.165, 1.54) is 70.6 Å². The molecule has 3 aliphatic rings. The van der Waals surface area contributed by atoms with E-state index in [1.807, 2.05) is 0 Å². The maximum Gasteiger partial charge on any atom is 0.0685 e. The molecule has 1 heterocycles. The topological polar surface area (TPSA) is 35.2 Å². The summed E-state index contributed by atoms with van der Waals surface area (Å²) in [5.41, 5.74) is 7.35. The smallest absolute Gasteiger partial charge is 0.0685 e. The fraction of sp³-hybridized carbons (Fsp3) is 1.00. The molecule has 0 aromatic heterocycles. The quantitative estimate of drug-likeness (QED) is 0.818. The SMILES string of the molecule is CC1(C(N)C2CCOC3(CCCCC3)C2)CCCC1. The zero-order valence-corrected chi connectivity index (χ0v) is 12.6. The van der Waals surface area contributed by atoms with Crippen LogP contribution >= 0.6 is 0 Å². The highest BCUT2D eigenvalue weighted by atomic mass is 16.5. The summed E-state index contributed by atoms with van der Waals surface area (Å²) in [6, 6.07) is 0.401. The Morgan fingerprint density at radius 3 is 2.32 bits per heavy atom. The highest BCUT2D eigenvalue weighted by Gasteiger charge is 2.45. The van der Waals surface area contributed by atoms with E-state index in [1.54, 1.807) is 0 Å². The van der Waals surface area contributed by atoms with Gasteiger partial charge in [0.1, 0.15) is 0 Å². The Labute approximate surface area is 118 Å². The van der Waals surface area contributed by atoms with Crippen LogP contribution in [0.2, 0.25) is 0 Å². The molecule has 0 radical (unpaired) electrons. The van der Waals surface area contributed by atoms with Crippen molar-refractivity contribution in [3.63, 3.8) is 0 Å². The molecule has 0 aromatic rings. The largest absolute Gasteiger partial charge is 0.375 e. The second kappa shape index (κ2) is 5.37. The van der Waals surface area contributed by atoms with Gasteiger partial charge in [-0.2, -0.15) is 0 Å². The van der Waals surface area contributed by atoms with Crippen molar-refractivity contribution in [2.45, 2.75) is 89.2 Å². The van der Waals surface area contributed by atoms with Gasteiger partial charge in [0, 0.05) is 12.6 Å². The molecule has 0 bridgehead atoms. The molecule has 0 aromatic carbocycles. The first kappa shape index (κ1) is 13.9. The number of hydrogen-bond acceptors (Lipinski definition) is 2. The van der Waals surface area contributed by atoms with E-state index in [4.69, 9.17) is 10.5 Å². The predicted molar refractivity (Wildman–Crippen MR) is 79.0 cm³/mol. The first-order chi connectivity index (χ1) is 9.14. The van der Waals surface area contributed by atoms with Crippen molar-refractivity contribution in [2.75, 3.05) is 6.61 Å².